The van der Waals surface area contributed by atoms with Crippen LogP contribution < -0.4 is 5.32 Å². The maximum absolute atomic E-state index is 12.6. The van der Waals surface area contributed by atoms with Crippen LogP contribution in [0.4, 0.5) is 5.69 Å². The number of morpholine rings is 1. The Morgan fingerprint density at radius 3 is 2.43 bits per heavy atom. The van der Waals surface area contributed by atoms with Crippen LogP contribution in [-0.4, -0.2) is 44.9 Å². The van der Waals surface area contributed by atoms with Crippen molar-refractivity contribution in [3.8, 4) is 0 Å². The molecule has 8 heteroatoms. The lowest BCUT2D eigenvalue weighted by Gasteiger charge is -2.26. The van der Waals surface area contributed by atoms with Gasteiger partial charge in [-0.3, -0.25) is 4.79 Å². The third kappa shape index (κ3) is 4.23. The van der Waals surface area contributed by atoms with Gasteiger partial charge in [-0.1, -0.05) is 32.4 Å². The van der Waals surface area contributed by atoms with Gasteiger partial charge in [-0.05, 0) is 18.2 Å². The minimum absolute atomic E-state index is 0.105. The molecule has 0 bridgehead atoms. The van der Waals surface area contributed by atoms with Crippen molar-refractivity contribution in [3.63, 3.8) is 0 Å². The predicted octanol–water partition coefficient (Wildman–Crippen LogP) is 2.35. The number of benzene rings is 1. The number of nitrogens with zero attached hydrogens (tertiary/aromatic N) is 1. The van der Waals surface area contributed by atoms with Crippen LogP contribution in [0.3, 0.4) is 0 Å². The van der Waals surface area contributed by atoms with Gasteiger partial charge in [0.25, 0.3) is 0 Å². The molecule has 6 nitrogen and oxygen atoms in total. The highest BCUT2D eigenvalue weighted by molar-refractivity contribution is 7.89. The van der Waals surface area contributed by atoms with Gasteiger partial charge in [0.15, 0.2) is 0 Å². The fourth-order valence-corrected chi connectivity index (χ4v) is 3.61. The molecule has 1 aliphatic heterocycles. The van der Waals surface area contributed by atoms with E-state index in [1.807, 2.05) is 0 Å². The number of carbonyl (C=O) groups excluding carboxylic acids is 1. The number of hydrogen-bond acceptors (Lipinski definition) is 4. The van der Waals surface area contributed by atoms with Crippen molar-refractivity contribution in [3.05, 3.63) is 23.2 Å². The zero-order valence-corrected chi connectivity index (χ0v) is 15.0. The Balaban J connectivity index is 2.31. The standard InChI is InChI=1S/C15H21ClN2O4S/c1-15(2,3)14(19)17-13-10-11(4-5-12(13)16)23(20,21)18-6-8-22-9-7-18/h4-5,10H,6-9H2,1-3H3,(H,17,19). The van der Waals surface area contributed by atoms with Crippen LogP contribution in [0.1, 0.15) is 20.8 Å². The van der Waals surface area contributed by atoms with E-state index >= 15 is 0 Å². The van der Waals surface area contributed by atoms with E-state index in [2.05, 4.69) is 5.32 Å². The maximum atomic E-state index is 12.6. The SMILES string of the molecule is CC(C)(C)C(=O)Nc1cc(S(=O)(=O)N2CCOCC2)ccc1Cl. The molecule has 1 aromatic rings. The first-order valence-corrected chi connectivity index (χ1v) is 9.13. The summed E-state index contributed by atoms with van der Waals surface area (Å²) in [6.07, 6.45) is 0. The van der Waals surface area contributed by atoms with Crippen molar-refractivity contribution in [2.45, 2.75) is 25.7 Å². The number of nitrogens with one attached hydrogen (secondary N) is 1. The predicted molar refractivity (Wildman–Crippen MR) is 89.1 cm³/mol. The number of anilines is 1. The summed E-state index contributed by atoms with van der Waals surface area (Å²) in [5.74, 6) is -0.236. The first-order valence-electron chi connectivity index (χ1n) is 7.31. The average Bonchev–Trinajstić information content (AvgIpc) is 2.49. The summed E-state index contributed by atoms with van der Waals surface area (Å²) in [5, 5.41) is 2.98. The summed E-state index contributed by atoms with van der Waals surface area (Å²) in [6.45, 7) is 6.68. The van der Waals surface area contributed by atoms with E-state index in [9.17, 15) is 13.2 Å². The molecule has 0 spiro atoms. The summed E-state index contributed by atoms with van der Waals surface area (Å²) >= 11 is 6.08. The zero-order valence-electron chi connectivity index (χ0n) is 13.4. The Morgan fingerprint density at radius 2 is 1.87 bits per heavy atom. The largest absolute Gasteiger partial charge is 0.379 e. The number of ether oxygens (including phenoxy) is 1. The fourth-order valence-electron chi connectivity index (χ4n) is 2.01. The highest BCUT2D eigenvalue weighted by Crippen LogP contribution is 2.28. The second-order valence-corrected chi connectivity index (χ2v) is 8.71. The van der Waals surface area contributed by atoms with E-state index in [4.69, 9.17) is 16.3 Å². The van der Waals surface area contributed by atoms with Crippen LogP contribution in [0, 0.1) is 5.41 Å². The second kappa shape index (κ2) is 6.76. The molecule has 1 aliphatic rings. The smallest absolute Gasteiger partial charge is 0.243 e. The highest BCUT2D eigenvalue weighted by atomic mass is 35.5. The molecular formula is C15H21ClN2O4S. The van der Waals surface area contributed by atoms with Crippen molar-refractivity contribution in [1.82, 2.24) is 4.31 Å². The summed E-state index contributed by atoms with van der Waals surface area (Å²) in [6, 6.07) is 4.32. The van der Waals surface area contributed by atoms with E-state index in [1.54, 1.807) is 20.8 Å². The maximum Gasteiger partial charge on any atom is 0.243 e. The summed E-state index contributed by atoms with van der Waals surface area (Å²) in [5.41, 5.74) is -0.316. The molecule has 0 saturated carbocycles. The molecule has 1 N–H and O–H groups in total. The van der Waals surface area contributed by atoms with E-state index in [0.29, 0.717) is 37.0 Å². The number of amides is 1. The van der Waals surface area contributed by atoms with Crippen LogP contribution in [0.5, 0.6) is 0 Å². The Bertz CT molecular complexity index is 692. The first kappa shape index (κ1) is 18.2. The van der Waals surface area contributed by atoms with Crippen LogP contribution in [-0.2, 0) is 19.6 Å². The molecule has 0 aromatic heterocycles. The molecular weight excluding hydrogens is 340 g/mol. The lowest BCUT2D eigenvalue weighted by atomic mass is 9.95. The quantitative estimate of drug-likeness (QED) is 0.897. The molecule has 0 radical (unpaired) electrons. The molecule has 128 valence electrons. The normalized spacial score (nSPS) is 17.0. The third-order valence-electron chi connectivity index (χ3n) is 3.48. The topological polar surface area (TPSA) is 75.7 Å². The van der Waals surface area contributed by atoms with Gasteiger partial charge < -0.3 is 10.1 Å². The lowest BCUT2D eigenvalue weighted by molar-refractivity contribution is -0.123. The number of rotatable bonds is 3. The van der Waals surface area contributed by atoms with Crippen LogP contribution in [0.2, 0.25) is 5.02 Å². The Morgan fingerprint density at radius 1 is 1.26 bits per heavy atom. The Labute approximate surface area is 141 Å². The van der Waals surface area contributed by atoms with Crippen LogP contribution in [0.25, 0.3) is 0 Å². The van der Waals surface area contributed by atoms with Gasteiger partial charge in [-0.15, -0.1) is 0 Å². The molecule has 0 atom stereocenters. The van der Waals surface area contributed by atoms with Gasteiger partial charge in [-0.2, -0.15) is 4.31 Å². The molecule has 1 amide bonds. The first-order chi connectivity index (χ1) is 10.6. The average molecular weight is 361 g/mol. The minimum atomic E-state index is -3.63. The fraction of sp³-hybridized carbons (Fsp3) is 0.533. The summed E-state index contributed by atoms with van der Waals surface area (Å²) in [4.78, 5) is 12.2. The van der Waals surface area contributed by atoms with Gasteiger partial charge in [0.2, 0.25) is 15.9 Å². The van der Waals surface area contributed by atoms with E-state index in [-0.39, 0.29) is 10.8 Å². The molecule has 1 heterocycles. The van der Waals surface area contributed by atoms with Crippen LogP contribution in [0.15, 0.2) is 23.1 Å². The number of sulfonamides is 1. The third-order valence-corrected chi connectivity index (χ3v) is 5.70. The molecule has 1 saturated heterocycles. The Kier molecular flexibility index (Phi) is 5.35. The number of halogens is 1. The lowest BCUT2D eigenvalue weighted by Crippen LogP contribution is -2.40. The molecule has 0 unspecified atom stereocenters. The summed E-state index contributed by atoms with van der Waals surface area (Å²) < 4.78 is 31.8. The molecule has 2 rings (SSSR count). The van der Waals surface area contributed by atoms with Gasteiger partial charge in [-0.25, -0.2) is 8.42 Å². The van der Waals surface area contributed by atoms with Crippen molar-refractivity contribution in [2.75, 3.05) is 31.6 Å². The van der Waals surface area contributed by atoms with Crippen molar-refractivity contribution in [1.29, 1.82) is 0 Å². The van der Waals surface area contributed by atoms with Gasteiger partial charge >= 0.3 is 0 Å². The molecule has 23 heavy (non-hydrogen) atoms. The van der Waals surface area contributed by atoms with Crippen molar-refractivity contribution < 1.29 is 17.9 Å². The minimum Gasteiger partial charge on any atom is -0.379 e. The Hall–Kier alpha value is -1.15. The molecule has 1 aromatic carbocycles. The van der Waals surface area contributed by atoms with Gasteiger partial charge in [0.1, 0.15) is 0 Å². The zero-order chi connectivity index (χ0) is 17.3. The molecule has 0 aliphatic carbocycles. The van der Waals surface area contributed by atoms with Crippen LogP contribution >= 0.6 is 11.6 Å². The van der Waals surface area contributed by atoms with Crippen molar-refractivity contribution in [2.24, 2.45) is 5.41 Å². The number of carbonyl (C=O) groups is 1. The van der Waals surface area contributed by atoms with E-state index in [0.717, 1.165) is 0 Å². The van der Waals surface area contributed by atoms with Gasteiger partial charge in [0, 0.05) is 18.5 Å². The molecule has 1 fully saturated rings. The van der Waals surface area contributed by atoms with E-state index in [1.165, 1.54) is 22.5 Å². The monoisotopic (exact) mass is 360 g/mol. The second-order valence-electron chi connectivity index (χ2n) is 6.36. The highest BCUT2D eigenvalue weighted by Gasteiger charge is 2.28. The number of hydrogen-bond donors (Lipinski definition) is 1. The van der Waals surface area contributed by atoms with Crippen molar-refractivity contribution >= 4 is 33.2 Å². The van der Waals surface area contributed by atoms with E-state index < -0.39 is 15.4 Å². The van der Waals surface area contributed by atoms with Gasteiger partial charge in [0.05, 0.1) is 28.8 Å². The summed E-state index contributed by atoms with van der Waals surface area (Å²) in [7, 11) is -3.63.